The van der Waals surface area contributed by atoms with Crippen LogP contribution >= 0.6 is 0 Å². The summed E-state index contributed by atoms with van der Waals surface area (Å²) in [7, 11) is 0. The lowest BCUT2D eigenvalue weighted by atomic mass is 9.97. The quantitative estimate of drug-likeness (QED) is 0.737. The van der Waals surface area contributed by atoms with Crippen LogP contribution in [0, 0.1) is 5.92 Å². The van der Waals surface area contributed by atoms with Gasteiger partial charge in [-0.2, -0.15) is 0 Å². The van der Waals surface area contributed by atoms with E-state index in [9.17, 15) is 14.4 Å². The Hall–Kier alpha value is -2.57. The highest BCUT2D eigenvalue weighted by Crippen LogP contribution is 2.34. The normalized spacial score (nSPS) is 20.1. The van der Waals surface area contributed by atoms with Crippen LogP contribution in [0.4, 0.5) is 5.69 Å². The number of anilines is 1. The van der Waals surface area contributed by atoms with Crippen LogP contribution in [0.5, 0.6) is 5.75 Å². The first-order valence-electron chi connectivity index (χ1n) is 9.56. The van der Waals surface area contributed by atoms with E-state index in [0.717, 1.165) is 0 Å². The molecular formula is C20H26N2O5. The molecule has 2 amide bonds. The maximum absolute atomic E-state index is 12.8. The molecule has 1 fully saturated rings. The second-order valence-corrected chi connectivity index (χ2v) is 6.81. The summed E-state index contributed by atoms with van der Waals surface area (Å²) in [6.45, 7) is 5.03. The molecule has 2 heterocycles. The largest absolute Gasteiger partial charge is 0.478 e. The van der Waals surface area contributed by atoms with E-state index in [-0.39, 0.29) is 30.2 Å². The Morgan fingerprint density at radius 2 is 1.89 bits per heavy atom. The minimum atomic E-state index is -0.567. The van der Waals surface area contributed by atoms with Gasteiger partial charge >= 0.3 is 5.97 Å². The van der Waals surface area contributed by atoms with Crippen molar-refractivity contribution in [3.63, 3.8) is 0 Å². The summed E-state index contributed by atoms with van der Waals surface area (Å²) in [6.07, 6.45) is 1.16. The van der Waals surface area contributed by atoms with Crippen LogP contribution in [-0.2, 0) is 19.1 Å². The Morgan fingerprint density at radius 3 is 2.56 bits per heavy atom. The molecule has 0 radical (unpaired) electrons. The number of likely N-dealkylation sites (tertiary alicyclic amines) is 1. The van der Waals surface area contributed by atoms with E-state index in [2.05, 4.69) is 0 Å². The van der Waals surface area contributed by atoms with Crippen molar-refractivity contribution < 1.29 is 23.9 Å². The average molecular weight is 374 g/mol. The fourth-order valence-electron chi connectivity index (χ4n) is 3.56. The molecule has 27 heavy (non-hydrogen) atoms. The van der Waals surface area contributed by atoms with Gasteiger partial charge in [-0.15, -0.1) is 0 Å². The molecule has 7 nitrogen and oxygen atoms in total. The molecule has 146 valence electrons. The zero-order valence-corrected chi connectivity index (χ0v) is 15.8. The SMILES string of the molecule is CCOC(=O)C1CCN(C(=O)CN2C(=O)[C@H](CC)Oc3ccccc32)CC1. The molecule has 2 aliphatic heterocycles. The minimum absolute atomic E-state index is 0.0141. The van der Waals surface area contributed by atoms with Crippen molar-refractivity contribution in [2.75, 3.05) is 31.1 Å². The fourth-order valence-corrected chi connectivity index (χ4v) is 3.56. The summed E-state index contributed by atoms with van der Waals surface area (Å²) in [5, 5.41) is 0. The summed E-state index contributed by atoms with van der Waals surface area (Å²) in [5.41, 5.74) is 0.627. The lowest BCUT2D eigenvalue weighted by Gasteiger charge is -2.36. The van der Waals surface area contributed by atoms with Gasteiger partial charge in [-0.25, -0.2) is 0 Å². The number of benzene rings is 1. The molecular weight excluding hydrogens is 348 g/mol. The lowest BCUT2D eigenvalue weighted by Crippen LogP contribution is -2.51. The highest BCUT2D eigenvalue weighted by Gasteiger charge is 2.36. The van der Waals surface area contributed by atoms with E-state index in [1.54, 1.807) is 17.9 Å². The molecule has 1 atom stereocenters. The van der Waals surface area contributed by atoms with Crippen molar-refractivity contribution in [2.24, 2.45) is 5.92 Å². The van der Waals surface area contributed by atoms with E-state index in [1.165, 1.54) is 4.90 Å². The summed E-state index contributed by atoms with van der Waals surface area (Å²) in [6, 6.07) is 7.28. The molecule has 0 unspecified atom stereocenters. The third-order valence-corrected chi connectivity index (χ3v) is 5.10. The number of esters is 1. The first-order chi connectivity index (χ1) is 13.0. The van der Waals surface area contributed by atoms with Gasteiger partial charge in [0.25, 0.3) is 5.91 Å². The monoisotopic (exact) mass is 374 g/mol. The molecule has 1 aromatic rings. The fraction of sp³-hybridized carbons (Fsp3) is 0.550. The van der Waals surface area contributed by atoms with Gasteiger partial charge < -0.3 is 14.4 Å². The van der Waals surface area contributed by atoms with Crippen LogP contribution in [0.1, 0.15) is 33.1 Å². The van der Waals surface area contributed by atoms with E-state index >= 15 is 0 Å². The first-order valence-corrected chi connectivity index (χ1v) is 9.56. The Kier molecular flexibility index (Phi) is 5.98. The van der Waals surface area contributed by atoms with Crippen molar-refractivity contribution in [1.82, 2.24) is 4.90 Å². The molecule has 0 N–H and O–H groups in total. The van der Waals surface area contributed by atoms with Gasteiger partial charge in [0.05, 0.1) is 18.2 Å². The second kappa shape index (κ2) is 8.41. The molecule has 3 rings (SSSR count). The Balaban J connectivity index is 1.65. The van der Waals surface area contributed by atoms with E-state index in [1.807, 2.05) is 25.1 Å². The van der Waals surface area contributed by atoms with Gasteiger partial charge in [0.15, 0.2) is 6.10 Å². The van der Waals surface area contributed by atoms with Crippen LogP contribution in [0.2, 0.25) is 0 Å². The number of hydrogen-bond donors (Lipinski definition) is 0. The molecule has 0 aromatic heterocycles. The molecule has 7 heteroatoms. The topological polar surface area (TPSA) is 76.2 Å². The molecule has 1 aromatic carbocycles. The van der Waals surface area contributed by atoms with E-state index in [4.69, 9.17) is 9.47 Å². The van der Waals surface area contributed by atoms with Gasteiger partial charge in [-0.1, -0.05) is 19.1 Å². The number of carbonyl (C=O) groups is 3. The number of amides is 2. The van der Waals surface area contributed by atoms with Crippen LogP contribution in [0.3, 0.4) is 0 Å². The van der Waals surface area contributed by atoms with Crippen molar-refractivity contribution in [3.8, 4) is 5.75 Å². The number of para-hydroxylation sites is 2. The molecule has 2 aliphatic rings. The number of nitrogens with zero attached hydrogens (tertiary/aromatic N) is 2. The number of carbonyl (C=O) groups excluding carboxylic acids is 3. The van der Waals surface area contributed by atoms with Crippen molar-refractivity contribution in [1.29, 1.82) is 0 Å². The third kappa shape index (κ3) is 4.07. The smallest absolute Gasteiger partial charge is 0.309 e. The minimum Gasteiger partial charge on any atom is -0.478 e. The van der Waals surface area contributed by atoms with E-state index in [0.29, 0.717) is 50.4 Å². The number of rotatable bonds is 5. The predicted octanol–water partition coefficient (Wildman–Crippen LogP) is 1.99. The number of fused-ring (bicyclic) bond motifs is 1. The Labute approximate surface area is 159 Å². The molecule has 0 spiro atoms. The number of hydrogen-bond acceptors (Lipinski definition) is 5. The first kappa shape index (κ1) is 19.2. The zero-order chi connectivity index (χ0) is 19.4. The van der Waals surface area contributed by atoms with Crippen LogP contribution in [-0.4, -0.2) is 55.0 Å². The van der Waals surface area contributed by atoms with Gasteiger partial charge in [0, 0.05) is 13.1 Å². The van der Waals surface area contributed by atoms with Crippen LogP contribution in [0.25, 0.3) is 0 Å². The van der Waals surface area contributed by atoms with E-state index < -0.39 is 6.10 Å². The molecule has 0 bridgehead atoms. The van der Waals surface area contributed by atoms with Crippen LogP contribution in [0.15, 0.2) is 24.3 Å². The number of ether oxygens (including phenoxy) is 2. The Morgan fingerprint density at radius 1 is 1.19 bits per heavy atom. The standard InChI is InChI=1S/C20H26N2O5/c1-3-16-19(24)22(15-7-5-6-8-17(15)27-16)13-18(23)21-11-9-14(10-12-21)20(25)26-4-2/h5-8,14,16H,3-4,9-13H2,1-2H3/t16-/m0/s1. The van der Waals surface area contributed by atoms with Gasteiger partial charge in [0.2, 0.25) is 5.91 Å². The van der Waals surface area contributed by atoms with Crippen LogP contribution < -0.4 is 9.64 Å². The van der Waals surface area contributed by atoms with Crippen molar-refractivity contribution in [3.05, 3.63) is 24.3 Å². The molecule has 0 aliphatic carbocycles. The maximum atomic E-state index is 12.8. The summed E-state index contributed by atoms with van der Waals surface area (Å²) >= 11 is 0. The maximum Gasteiger partial charge on any atom is 0.309 e. The third-order valence-electron chi connectivity index (χ3n) is 5.10. The molecule has 1 saturated heterocycles. The highest BCUT2D eigenvalue weighted by molar-refractivity contribution is 6.03. The molecule has 0 saturated carbocycles. The summed E-state index contributed by atoms with van der Waals surface area (Å²) in [5.74, 6) is -0.0159. The second-order valence-electron chi connectivity index (χ2n) is 6.81. The highest BCUT2D eigenvalue weighted by atomic mass is 16.5. The lowest BCUT2D eigenvalue weighted by molar-refractivity contribution is -0.151. The average Bonchev–Trinajstić information content (AvgIpc) is 2.70. The van der Waals surface area contributed by atoms with Gasteiger partial charge in [-0.05, 0) is 38.3 Å². The predicted molar refractivity (Wildman–Crippen MR) is 99.4 cm³/mol. The Bertz CT molecular complexity index is 712. The van der Waals surface area contributed by atoms with Gasteiger partial charge in [0.1, 0.15) is 12.3 Å². The number of piperidine rings is 1. The summed E-state index contributed by atoms with van der Waals surface area (Å²) < 4.78 is 10.8. The van der Waals surface area contributed by atoms with Gasteiger partial charge in [-0.3, -0.25) is 19.3 Å². The summed E-state index contributed by atoms with van der Waals surface area (Å²) in [4.78, 5) is 40.6. The van der Waals surface area contributed by atoms with Crippen molar-refractivity contribution >= 4 is 23.5 Å². The zero-order valence-electron chi connectivity index (χ0n) is 15.8. The van der Waals surface area contributed by atoms with Crippen molar-refractivity contribution in [2.45, 2.75) is 39.2 Å².